The van der Waals surface area contributed by atoms with Gasteiger partial charge in [0, 0.05) is 63.8 Å². The third-order valence-corrected chi connectivity index (χ3v) is 8.54. The Morgan fingerprint density at radius 1 is 0.860 bits per heavy atom. The molecule has 43 heavy (non-hydrogen) atoms. The molecule has 2 aromatic rings. The van der Waals surface area contributed by atoms with E-state index in [0.29, 0.717) is 39.0 Å². The average Bonchev–Trinajstić information content (AvgIpc) is 3.49. The maximum absolute atomic E-state index is 12.2. The van der Waals surface area contributed by atoms with Gasteiger partial charge in [0.25, 0.3) is 0 Å². The Bertz CT molecular complexity index is 1170. The maximum Gasteiger partial charge on any atom is 0.303 e. The molecule has 3 aliphatic heterocycles. The third kappa shape index (κ3) is 9.07. The van der Waals surface area contributed by atoms with Crippen LogP contribution in [0, 0.1) is 0 Å². The first-order valence-electron chi connectivity index (χ1n) is 15.5. The number of carboxylic acids is 1. The van der Waals surface area contributed by atoms with E-state index in [1.165, 1.54) is 0 Å². The summed E-state index contributed by atoms with van der Waals surface area (Å²) in [6, 6.07) is 15.9. The van der Waals surface area contributed by atoms with Gasteiger partial charge in [-0.15, -0.1) is 0 Å². The molecular formula is C33H44N2O8. The van der Waals surface area contributed by atoms with E-state index in [-0.39, 0.29) is 31.1 Å². The molecule has 234 valence electrons. The molecule has 2 aromatic carbocycles. The standard InChI is InChI=1S/C33H44N2O8/c36-23-25-8-10-26(11-9-25)29-20-28(22-35-16-14-33(15-17-35)40-18-19-41-33)42-32(43-29)27-12-6-24(7-13-27)21-34-30(37)4-2-1-3-5-31(38)39/h6-13,28-29,32,36H,1-5,14-23H2,(H,34,37)(H,38,39)/t28-,29+,32+/m1/s1. The Balaban J connectivity index is 1.17. The van der Waals surface area contributed by atoms with Gasteiger partial charge in [0.05, 0.1) is 32.0 Å². The molecule has 0 radical (unpaired) electrons. The number of amides is 1. The first kappa shape index (κ1) is 31.6. The number of unbranched alkanes of at least 4 members (excludes halogenated alkanes) is 2. The van der Waals surface area contributed by atoms with Crippen LogP contribution in [0.1, 0.15) is 86.0 Å². The molecule has 3 heterocycles. The van der Waals surface area contributed by atoms with Crippen LogP contribution < -0.4 is 5.32 Å². The summed E-state index contributed by atoms with van der Waals surface area (Å²) in [4.78, 5) is 25.2. The SMILES string of the molecule is O=C(O)CCCCCC(=O)NCc1ccc([C@H]2O[C@@H](CN3CCC4(CC3)OCCO4)C[C@@H](c3ccc(CO)cc3)O2)cc1. The van der Waals surface area contributed by atoms with Crippen LogP contribution in [0.25, 0.3) is 0 Å². The molecule has 3 atom stereocenters. The van der Waals surface area contributed by atoms with Crippen molar-refractivity contribution in [3.63, 3.8) is 0 Å². The van der Waals surface area contributed by atoms with Gasteiger partial charge in [0.2, 0.25) is 5.91 Å². The van der Waals surface area contributed by atoms with Crippen molar-refractivity contribution >= 4 is 11.9 Å². The Labute approximate surface area is 253 Å². The van der Waals surface area contributed by atoms with Gasteiger partial charge in [-0.3, -0.25) is 9.59 Å². The van der Waals surface area contributed by atoms with Crippen molar-refractivity contribution in [3.8, 4) is 0 Å². The van der Waals surface area contributed by atoms with Crippen LogP contribution in [-0.4, -0.2) is 71.7 Å². The second-order valence-electron chi connectivity index (χ2n) is 11.7. The second kappa shape index (κ2) is 15.2. The molecule has 0 unspecified atom stereocenters. The van der Waals surface area contributed by atoms with E-state index in [1.807, 2.05) is 48.5 Å². The number of ether oxygens (including phenoxy) is 4. The van der Waals surface area contributed by atoms with Crippen LogP contribution >= 0.6 is 0 Å². The lowest BCUT2D eigenvalue weighted by molar-refractivity contribution is -0.255. The zero-order valence-corrected chi connectivity index (χ0v) is 24.7. The quantitative estimate of drug-likeness (QED) is 0.292. The number of carboxylic acid groups (broad SMARTS) is 1. The number of nitrogens with one attached hydrogen (secondary N) is 1. The average molecular weight is 597 g/mol. The van der Waals surface area contributed by atoms with E-state index in [2.05, 4.69) is 10.2 Å². The van der Waals surface area contributed by atoms with Crippen LogP contribution in [0.4, 0.5) is 0 Å². The number of aliphatic hydroxyl groups is 1. The number of nitrogens with zero attached hydrogens (tertiary/aromatic N) is 1. The van der Waals surface area contributed by atoms with Gasteiger partial charge in [-0.1, -0.05) is 55.0 Å². The number of benzene rings is 2. The highest BCUT2D eigenvalue weighted by Gasteiger charge is 2.41. The van der Waals surface area contributed by atoms with Gasteiger partial charge in [-0.2, -0.15) is 0 Å². The zero-order chi connectivity index (χ0) is 30.1. The molecule has 0 saturated carbocycles. The number of hydrogen-bond acceptors (Lipinski definition) is 8. The normalized spacial score (nSPS) is 23.8. The first-order valence-corrected chi connectivity index (χ1v) is 15.5. The Morgan fingerprint density at radius 3 is 2.19 bits per heavy atom. The third-order valence-electron chi connectivity index (χ3n) is 8.54. The molecular weight excluding hydrogens is 552 g/mol. The van der Waals surface area contributed by atoms with E-state index in [0.717, 1.165) is 67.6 Å². The van der Waals surface area contributed by atoms with Crippen molar-refractivity contribution in [3.05, 3.63) is 70.8 Å². The highest BCUT2D eigenvalue weighted by Crippen LogP contribution is 2.39. The summed E-state index contributed by atoms with van der Waals surface area (Å²) in [5, 5.41) is 21.1. The Hall–Kier alpha value is -2.86. The fraction of sp³-hybridized carbons (Fsp3) is 0.576. The summed E-state index contributed by atoms with van der Waals surface area (Å²) in [5.74, 6) is -1.24. The minimum atomic E-state index is -0.801. The monoisotopic (exact) mass is 596 g/mol. The van der Waals surface area contributed by atoms with E-state index in [9.17, 15) is 14.7 Å². The van der Waals surface area contributed by atoms with Gasteiger partial charge in [0.1, 0.15) is 0 Å². The van der Waals surface area contributed by atoms with Gasteiger partial charge >= 0.3 is 5.97 Å². The molecule has 1 spiro atoms. The summed E-state index contributed by atoms with van der Waals surface area (Å²) in [7, 11) is 0. The van der Waals surface area contributed by atoms with Crippen molar-refractivity contribution in [2.24, 2.45) is 0 Å². The molecule has 1 amide bonds. The second-order valence-corrected chi connectivity index (χ2v) is 11.7. The highest BCUT2D eigenvalue weighted by atomic mass is 16.7. The molecule has 3 aliphatic rings. The molecule has 0 aliphatic carbocycles. The highest BCUT2D eigenvalue weighted by molar-refractivity contribution is 5.75. The van der Waals surface area contributed by atoms with E-state index < -0.39 is 18.0 Å². The molecule has 3 saturated heterocycles. The number of aliphatic hydroxyl groups excluding tert-OH is 1. The summed E-state index contributed by atoms with van der Waals surface area (Å²) in [5.41, 5.74) is 3.82. The molecule has 0 bridgehead atoms. The number of likely N-dealkylation sites (tertiary alicyclic amines) is 1. The Morgan fingerprint density at radius 2 is 1.51 bits per heavy atom. The van der Waals surface area contributed by atoms with Crippen molar-refractivity contribution in [2.75, 3.05) is 32.8 Å². The molecule has 0 aromatic heterocycles. The maximum atomic E-state index is 12.2. The van der Waals surface area contributed by atoms with Crippen LogP contribution in [0.15, 0.2) is 48.5 Å². The van der Waals surface area contributed by atoms with E-state index in [1.54, 1.807) is 0 Å². The van der Waals surface area contributed by atoms with Gasteiger partial charge in [-0.25, -0.2) is 0 Å². The fourth-order valence-corrected chi connectivity index (χ4v) is 6.00. The number of carbonyl (C=O) groups is 2. The number of piperidine rings is 1. The minimum Gasteiger partial charge on any atom is -0.481 e. The lowest BCUT2D eigenvalue weighted by atomic mass is 9.98. The van der Waals surface area contributed by atoms with E-state index >= 15 is 0 Å². The van der Waals surface area contributed by atoms with Gasteiger partial charge in [-0.05, 0) is 29.5 Å². The number of aliphatic carboxylic acids is 1. The largest absolute Gasteiger partial charge is 0.481 e. The lowest BCUT2D eigenvalue weighted by Crippen LogP contribution is -2.48. The van der Waals surface area contributed by atoms with Crippen molar-refractivity contribution in [2.45, 2.75) is 88.8 Å². The van der Waals surface area contributed by atoms with Crippen LogP contribution in [-0.2, 0) is 41.7 Å². The number of rotatable bonds is 13. The minimum absolute atomic E-state index is 0.00361. The summed E-state index contributed by atoms with van der Waals surface area (Å²) in [6.45, 7) is 4.35. The summed E-state index contributed by atoms with van der Waals surface area (Å²) in [6.07, 6.45) is 4.25. The van der Waals surface area contributed by atoms with Crippen LogP contribution in [0.2, 0.25) is 0 Å². The van der Waals surface area contributed by atoms with Gasteiger partial charge < -0.3 is 39.4 Å². The van der Waals surface area contributed by atoms with Crippen LogP contribution in [0.3, 0.4) is 0 Å². The van der Waals surface area contributed by atoms with Crippen molar-refractivity contribution in [1.82, 2.24) is 10.2 Å². The molecule has 5 rings (SSSR count). The number of carbonyl (C=O) groups excluding carboxylic acids is 1. The lowest BCUT2D eigenvalue weighted by Gasteiger charge is -2.41. The molecule has 3 fully saturated rings. The molecule has 10 nitrogen and oxygen atoms in total. The van der Waals surface area contributed by atoms with Gasteiger partial charge in [0.15, 0.2) is 12.1 Å². The molecule has 10 heteroatoms. The predicted molar refractivity (Wildman–Crippen MR) is 158 cm³/mol. The predicted octanol–water partition coefficient (Wildman–Crippen LogP) is 4.21. The number of hydrogen-bond donors (Lipinski definition) is 3. The Kier molecular flexibility index (Phi) is 11.2. The first-order chi connectivity index (χ1) is 20.9. The van der Waals surface area contributed by atoms with Crippen LogP contribution in [0.5, 0.6) is 0 Å². The smallest absolute Gasteiger partial charge is 0.303 e. The summed E-state index contributed by atoms with van der Waals surface area (Å²) >= 11 is 0. The molecule has 3 N–H and O–H groups in total. The van der Waals surface area contributed by atoms with E-state index in [4.69, 9.17) is 24.1 Å². The van der Waals surface area contributed by atoms with Crippen molar-refractivity contribution < 1.29 is 38.7 Å². The summed E-state index contributed by atoms with van der Waals surface area (Å²) < 4.78 is 24.8. The fourth-order valence-electron chi connectivity index (χ4n) is 6.00. The topological polar surface area (TPSA) is 127 Å². The zero-order valence-electron chi connectivity index (χ0n) is 24.7. The van der Waals surface area contributed by atoms with Crippen molar-refractivity contribution in [1.29, 1.82) is 0 Å².